The molecule has 1 aliphatic heterocycles. The summed E-state index contributed by atoms with van der Waals surface area (Å²) in [6.07, 6.45) is 2.00. The van der Waals surface area contributed by atoms with Gasteiger partial charge >= 0.3 is 6.09 Å². The molecule has 2 amide bonds. The lowest BCUT2D eigenvalue weighted by atomic mass is 10.0. The molecule has 3 atom stereocenters. The van der Waals surface area contributed by atoms with Gasteiger partial charge in [0.1, 0.15) is 5.69 Å². The molecule has 0 radical (unpaired) electrons. The van der Waals surface area contributed by atoms with Gasteiger partial charge in [-0.25, -0.2) is 4.79 Å². The third-order valence-corrected chi connectivity index (χ3v) is 4.99. The molecule has 0 fully saturated rings. The Balaban J connectivity index is 2.23. The van der Waals surface area contributed by atoms with Gasteiger partial charge in [-0.1, -0.05) is 12.1 Å². The second-order valence-corrected chi connectivity index (χ2v) is 7.33. The minimum atomic E-state index is -0.457. The van der Waals surface area contributed by atoms with E-state index in [4.69, 9.17) is 9.47 Å². The third-order valence-electron chi connectivity index (χ3n) is 4.99. The summed E-state index contributed by atoms with van der Waals surface area (Å²) < 4.78 is 12.5. The van der Waals surface area contributed by atoms with Crippen molar-refractivity contribution in [2.24, 2.45) is 5.92 Å². The Kier molecular flexibility index (Phi) is 8.18. The van der Waals surface area contributed by atoms with E-state index in [1.54, 1.807) is 16.6 Å². The van der Waals surface area contributed by atoms with Gasteiger partial charge in [-0.3, -0.25) is 9.48 Å². The maximum Gasteiger partial charge on any atom is 0.409 e. The lowest BCUT2D eigenvalue weighted by molar-refractivity contribution is -0.136. The minimum Gasteiger partial charge on any atom is -0.453 e. The van der Waals surface area contributed by atoms with Crippen molar-refractivity contribution >= 4 is 12.0 Å². The lowest BCUT2D eigenvalue weighted by Crippen LogP contribution is -2.47. The fourth-order valence-corrected chi connectivity index (χ4v) is 3.19. The van der Waals surface area contributed by atoms with Crippen LogP contribution in [-0.4, -0.2) is 87.9 Å². The normalized spacial score (nSPS) is 22.6. The third kappa shape index (κ3) is 5.90. The Hall–Kier alpha value is -2.20. The Morgan fingerprint density at radius 3 is 2.96 bits per heavy atom. The van der Waals surface area contributed by atoms with E-state index in [-0.39, 0.29) is 37.2 Å². The van der Waals surface area contributed by atoms with Crippen molar-refractivity contribution in [3.63, 3.8) is 0 Å². The van der Waals surface area contributed by atoms with Crippen molar-refractivity contribution in [2.45, 2.75) is 52.0 Å². The highest BCUT2D eigenvalue weighted by atomic mass is 16.5. The first-order chi connectivity index (χ1) is 13.3. The van der Waals surface area contributed by atoms with E-state index in [2.05, 4.69) is 10.3 Å². The van der Waals surface area contributed by atoms with E-state index in [1.165, 1.54) is 12.0 Å². The molecule has 0 aromatic carbocycles. The standard InChI is InChI=1S/C18H31N5O5/c1-13-8-23(14(2)11-24)17(25)6-5-7-22-9-15(19-20-22)12-28-16(13)10-21(3)18(26)27-4/h9,13-14,16,24H,5-8,10-12H2,1-4H3/t13-,14+,16+/m1/s1. The highest BCUT2D eigenvalue weighted by Gasteiger charge is 2.28. The van der Waals surface area contributed by atoms with Crippen LogP contribution in [0.4, 0.5) is 4.79 Å². The first kappa shape index (κ1) is 22.1. The molecule has 0 saturated heterocycles. The van der Waals surface area contributed by atoms with E-state index < -0.39 is 6.09 Å². The van der Waals surface area contributed by atoms with Gasteiger partial charge in [-0.15, -0.1) is 5.10 Å². The van der Waals surface area contributed by atoms with Gasteiger partial charge in [-0.2, -0.15) is 0 Å². The van der Waals surface area contributed by atoms with Gasteiger partial charge in [0.15, 0.2) is 0 Å². The van der Waals surface area contributed by atoms with Gasteiger partial charge in [-0.05, 0) is 13.3 Å². The number of hydrogen-bond acceptors (Lipinski definition) is 7. The van der Waals surface area contributed by atoms with Crippen LogP contribution < -0.4 is 0 Å². The highest BCUT2D eigenvalue weighted by Crippen LogP contribution is 2.17. The van der Waals surface area contributed by atoms with E-state index in [0.717, 1.165) is 0 Å². The molecule has 1 N–H and O–H groups in total. The summed E-state index contributed by atoms with van der Waals surface area (Å²) in [4.78, 5) is 27.7. The molecule has 158 valence electrons. The fourth-order valence-electron chi connectivity index (χ4n) is 3.19. The molecule has 10 heteroatoms. The molecule has 2 bridgehead atoms. The number of methoxy groups -OCH3 is 1. The molecule has 1 aliphatic rings. The number of amides is 2. The molecule has 0 unspecified atom stereocenters. The number of nitrogens with zero attached hydrogens (tertiary/aromatic N) is 5. The molecule has 0 aliphatic carbocycles. The summed E-state index contributed by atoms with van der Waals surface area (Å²) in [5, 5.41) is 17.8. The summed E-state index contributed by atoms with van der Waals surface area (Å²) in [7, 11) is 2.97. The number of aliphatic hydroxyl groups is 1. The van der Waals surface area contributed by atoms with Crippen LogP contribution in [0.2, 0.25) is 0 Å². The Bertz CT molecular complexity index is 652. The van der Waals surface area contributed by atoms with E-state index in [9.17, 15) is 14.7 Å². The Labute approximate surface area is 165 Å². The average molecular weight is 397 g/mol. The zero-order valence-electron chi connectivity index (χ0n) is 17.1. The summed E-state index contributed by atoms with van der Waals surface area (Å²) >= 11 is 0. The number of carbonyl (C=O) groups is 2. The van der Waals surface area contributed by atoms with E-state index in [1.807, 2.05) is 20.0 Å². The first-order valence-corrected chi connectivity index (χ1v) is 9.55. The summed E-state index contributed by atoms with van der Waals surface area (Å²) in [5.41, 5.74) is 0.698. The number of hydrogen-bond donors (Lipinski definition) is 1. The van der Waals surface area contributed by atoms with Crippen LogP contribution in [0.15, 0.2) is 6.20 Å². The van der Waals surface area contributed by atoms with Gasteiger partial charge in [0.05, 0.1) is 45.2 Å². The second kappa shape index (κ2) is 10.4. The van der Waals surface area contributed by atoms with Crippen molar-refractivity contribution in [3.05, 3.63) is 11.9 Å². The number of fused-ring (bicyclic) bond motifs is 2. The zero-order chi connectivity index (χ0) is 20.7. The summed E-state index contributed by atoms with van der Waals surface area (Å²) in [6, 6.07) is -0.295. The number of aliphatic hydroxyl groups excluding tert-OH is 1. The van der Waals surface area contributed by atoms with Crippen molar-refractivity contribution < 1.29 is 24.2 Å². The number of aryl methyl sites for hydroxylation is 1. The van der Waals surface area contributed by atoms with Gasteiger partial charge in [0, 0.05) is 32.5 Å². The van der Waals surface area contributed by atoms with Crippen LogP contribution in [0.25, 0.3) is 0 Å². The van der Waals surface area contributed by atoms with Crippen LogP contribution >= 0.6 is 0 Å². The zero-order valence-corrected chi connectivity index (χ0v) is 17.1. The smallest absolute Gasteiger partial charge is 0.409 e. The van der Waals surface area contributed by atoms with Crippen molar-refractivity contribution in [1.82, 2.24) is 24.8 Å². The molecule has 10 nitrogen and oxygen atoms in total. The summed E-state index contributed by atoms with van der Waals surface area (Å²) in [6.45, 7) is 5.25. The number of carbonyl (C=O) groups excluding carboxylic acids is 2. The van der Waals surface area contributed by atoms with Crippen LogP contribution in [-0.2, 0) is 27.4 Å². The van der Waals surface area contributed by atoms with Crippen LogP contribution in [0.1, 0.15) is 32.4 Å². The predicted octanol–water partition coefficient (Wildman–Crippen LogP) is 0.501. The summed E-state index contributed by atoms with van der Waals surface area (Å²) in [5.74, 6) is -0.103. The van der Waals surface area contributed by atoms with E-state index in [0.29, 0.717) is 38.2 Å². The molecular weight excluding hydrogens is 366 g/mol. The van der Waals surface area contributed by atoms with Crippen molar-refractivity contribution in [2.75, 3.05) is 33.9 Å². The van der Waals surface area contributed by atoms with Crippen LogP contribution in [0, 0.1) is 5.92 Å². The number of likely N-dealkylation sites (N-methyl/N-ethyl adjacent to an activating group) is 1. The largest absolute Gasteiger partial charge is 0.453 e. The molecule has 0 saturated carbocycles. The molecule has 28 heavy (non-hydrogen) atoms. The average Bonchev–Trinajstić information content (AvgIpc) is 3.14. The molecule has 0 spiro atoms. The topological polar surface area (TPSA) is 110 Å². The Morgan fingerprint density at radius 2 is 2.29 bits per heavy atom. The van der Waals surface area contributed by atoms with Crippen LogP contribution in [0.3, 0.4) is 0 Å². The number of rotatable bonds is 4. The van der Waals surface area contributed by atoms with Gasteiger partial charge < -0.3 is 24.4 Å². The Morgan fingerprint density at radius 1 is 1.54 bits per heavy atom. The predicted molar refractivity (Wildman–Crippen MR) is 100 cm³/mol. The monoisotopic (exact) mass is 397 g/mol. The number of ether oxygens (including phenoxy) is 2. The van der Waals surface area contributed by atoms with Gasteiger partial charge in [0.25, 0.3) is 0 Å². The maximum atomic E-state index is 12.8. The maximum absolute atomic E-state index is 12.8. The molecule has 2 heterocycles. The minimum absolute atomic E-state index is 0.0203. The van der Waals surface area contributed by atoms with Gasteiger partial charge in [0.2, 0.25) is 5.91 Å². The van der Waals surface area contributed by atoms with Crippen LogP contribution in [0.5, 0.6) is 0 Å². The molecule has 1 aromatic rings. The van der Waals surface area contributed by atoms with Crippen molar-refractivity contribution in [1.29, 1.82) is 0 Å². The molecule has 1 aromatic heterocycles. The highest BCUT2D eigenvalue weighted by molar-refractivity contribution is 5.76. The SMILES string of the molecule is COC(=O)N(C)C[C@@H]1OCc2cn(nn2)CCCC(=O)N([C@@H](C)CO)C[C@H]1C. The van der Waals surface area contributed by atoms with Crippen molar-refractivity contribution in [3.8, 4) is 0 Å². The van der Waals surface area contributed by atoms with E-state index >= 15 is 0 Å². The number of aromatic nitrogens is 3. The first-order valence-electron chi connectivity index (χ1n) is 9.55. The quantitative estimate of drug-likeness (QED) is 0.788. The molecule has 2 rings (SSSR count). The second-order valence-electron chi connectivity index (χ2n) is 7.33. The lowest BCUT2D eigenvalue weighted by Gasteiger charge is -2.34. The fraction of sp³-hybridized carbons (Fsp3) is 0.778. The molecular formula is C18H31N5O5.